The van der Waals surface area contributed by atoms with E-state index in [0.29, 0.717) is 6.54 Å². The second-order valence-electron chi connectivity index (χ2n) is 4.73. The van der Waals surface area contributed by atoms with Crippen LogP contribution in [0.1, 0.15) is 17.0 Å². The normalized spacial score (nSPS) is 11.3. The van der Waals surface area contributed by atoms with Crippen LogP contribution in [-0.2, 0) is 20.1 Å². The fraction of sp³-hybridized carbons (Fsp3) is 0.267. The molecular formula is C15H17N3O. The van der Waals surface area contributed by atoms with Gasteiger partial charge in [0.25, 0.3) is 0 Å². The minimum Gasteiger partial charge on any atom is -0.360 e. The molecule has 0 atom stereocenters. The Morgan fingerprint density at radius 1 is 1.21 bits per heavy atom. The SMILES string of the molecule is Cc1c(CNCc2ccno2)n(C)c2ccccc12. The quantitative estimate of drug-likeness (QED) is 0.779. The lowest BCUT2D eigenvalue weighted by molar-refractivity contribution is 0.372. The number of nitrogens with zero attached hydrogens (tertiary/aromatic N) is 2. The molecule has 0 unspecified atom stereocenters. The molecule has 0 aliphatic carbocycles. The summed E-state index contributed by atoms with van der Waals surface area (Å²) < 4.78 is 7.32. The van der Waals surface area contributed by atoms with E-state index in [2.05, 4.69) is 53.3 Å². The molecule has 2 aromatic heterocycles. The van der Waals surface area contributed by atoms with E-state index in [9.17, 15) is 0 Å². The highest BCUT2D eigenvalue weighted by molar-refractivity contribution is 5.85. The van der Waals surface area contributed by atoms with E-state index in [1.165, 1.54) is 22.2 Å². The zero-order chi connectivity index (χ0) is 13.2. The van der Waals surface area contributed by atoms with E-state index in [0.717, 1.165) is 12.3 Å². The highest BCUT2D eigenvalue weighted by Gasteiger charge is 2.10. The molecule has 0 aliphatic rings. The van der Waals surface area contributed by atoms with Crippen LogP contribution in [-0.4, -0.2) is 9.72 Å². The van der Waals surface area contributed by atoms with Gasteiger partial charge in [-0.15, -0.1) is 0 Å². The number of rotatable bonds is 4. The van der Waals surface area contributed by atoms with Crippen molar-refractivity contribution in [2.24, 2.45) is 7.05 Å². The van der Waals surface area contributed by atoms with Gasteiger partial charge < -0.3 is 14.4 Å². The summed E-state index contributed by atoms with van der Waals surface area (Å²) in [7, 11) is 2.11. The van der Waals surface area contributed by atoms with Gasteiger partial charge in [-0.2, -0.15) is 0 Å². The van der Waals surface area contributed by atoms with Crippen LogP contribution in [0.3, 0.4) is 0 Å². The first-order valence-corrected chi connectivity index (χ1v) is 6.40. The van der Waals surface area contributed by atoms with E-state index < -0.39 is 0 Å². The number of para-hydroxylation sites is 1. The minimum atomic E-state index is 0.695. The second kappa shape index (κ2) is 4.90. The van der Waals surface area contributed by atoms with Gasteiger partial charge in [0, 0.05) is 36.3 Å². The minimum absolute atomic E-state index is 0.695. The molecule has 1 N–H and O–H groups in total. The smallest absolute Gasteiger partial charge is 0.150 e. The Kier molecular flexibility index (Phi) is 3.09. The van der Waals surface area contributed by atoms with E-state index in [-0.39, 0.29) is 0 Å². The first-order valence-electron chi connectivity index (χ1n) is 6.40. The number of aromatic nitrogens is 2. The summed E-state index contributed by atoms with van der Waals surface area (Å²) in [6.07, 6.45) is 1.67. The summed E-state index contributed by atoms with van der Waals surface area (Å²) in [5.74, 6) is 0.858. The fourth-order valence-electron chi connectivity index (χ4n) is 2.52. The molecule has 1 aromatic carbocycles. The van der Waals surface area contributed by atoms with Crippen LogP contribution in [0.4, 0.5) is 0 Å². The van der Waals surface area contributed by atoms with Gasteiger partial charge in [0.2, 0.25) is 0 Å². The molecule has 3 rings (SSSR count). The molecule has 4 heteroatoms. The number of hydrogen-bond donors (Lipinski definition) is 1. The van der Waals surface area contributed by atoms with Gasteiger partial charge in [-0.25, -0.2) is 0 Å². The maximum atomic E-state index is 5.07. The average molecular weight is 255 g/mol. The molecule has 98 valence electrons. The fourth-order valence-corrected chi connectivity index (χ4v) is 2.52. The third-order valence-corrected chi connectivity index (χ3v) is 3.59. The summed E-state index contributed by atoms with van der Waals surface area (Å²) >= 11 is 0. The van der Waals surface area contributed by atoms with Crippen molar-refractivity contribution < 1.29 is 4.52 Å². The molecule has 19 heavy (non-hydrogen) atoms. The first-order chi connectivity index (χ1) is 9.27. The van der Waals surface area contributed by atoms with Gasteiger partial charge in [0.1, 0.15) is 5.76 Å². The van der Waals surface area contributed by atoms with E-state index in [4.69, 9.17) is 4.52 Å². The third-order valence-electron chi connectivity index (χ3n) is 3.59. The number of nitrogens with one attached hydrogen (secondary N) is 1. The molecule has 4 nitrogen and oxygen atoms in total. The second-order valence-corrected chi connectivity index (χ2v) is 4.73. The number of benzene rings is 1. The van der Waals surface area contributed by atoms with Gasteiger partial charge in [-0.1, -0.05) is 23.4 Å². The lowest BCUT2D eigenvalue weighted by Gasteiger charge is -2.06. The summed E-state index contributed by atoms with van der Waals surface area (Å²) in [5, 5.41) is 8.41. The Morgan fingerprint density at radius 3 is 2.79 bits per heavy atom. The van der Waals surface area contributed by atoms with Crippen LogP contribution < -0.4 is 5.32 Å². The predicted octanol–water partition coefficient (Wildman–Crippen LogP) is 2.76. The van der Waals surface area contributed by atoms with Crippen molar-refractivity contribution in [1.82, 2.24) is 15.0 Å². The number of aryl methyl sites for hydroxylation is 2. The zero-order valence-corrected chi connectivity index (χ0v) is 11.2. The Bertz CT molecular complexity index is 644. The van der Waals surface area contributed by atoms with Gasteiger partial charge in [-0.05, 0) is 18.6 Å². The predicted molar refractivity (Wildman–Crippen MR) is 74.7 cm³/mol. The first kappa shape index (κ1) is 12.0. The number of hydrogen-bond acceptors (Lipinski definition) is 3. The maximum absolute atomic E-state index is 5.07. The Balaban J connectivity index is 1.81. The van der Waals surface area contributed by atoms with Crippen molar-refractivity contribution in [1.29, 1.82) is 0 Å². The van der Waals surface area contributed by atoms with Crippen LogP contribution >= 0.6 is 0 Å². The highest BCUT2D eigenvalue weighted by atomic mass is 16.5. The third kappa shape index (κ3) is 2.15. The van der Waals surface area contributed by atoms with Gasteiger partial charge in [0.15, 0.2) is 0 Å². The summed E-state index contributed by atoms with van der Waals surface area (Å²) in [6, 6.07) is 10.4. The van der Waals surface area contributed by atoms with E-state index in [1.807, 2.05) is 6.07 Å². The van der Waals surface area contributed by atoms with E-state index >= 15 is 0 Å². The molecular weight excluding hydrogens is 238 g/mol. The van der Waals surface area contributed by atoms with Crippen LogP contribution in [0.5, 0.6) is 0 Å². The van der Waals surface area contributed by atoms with Crippen molar-refractivity contribution in [3.05, 3.63) is 53.5 Å². The molecule has 0 aliphatic heterocycles. The molecule has 0 bridgehead atoms. The van der Waals surface area contributed by atoms with Crippen molar-refractivity contribution in [2.75, 3.05) is 0 Å². The Labute approximate surface area is 112 Å². The van der Waals surface area contributed by atoms with Gasteiger partial charge in [-0.3, -0.25) is 0 Å². The molecule has 0 fully saturated rings. The van der Waals surface area contributed by atoms with Crippen molar-refractivity contribution in [3.8, 4) is 0 Å². The van der Waals surface area contributed by atoms with Crippen LogP contribution in [0.2, 0.25) is 0 Å². The Hall–Kier alpha value is -2.07. The molecule has 0 radical (unpaired) electrons. The molecule has 0 amide bonds. The molecule has 3 aromatic rings. The molecule has 0 saturated carbocycles. The lowest BCUT2D eigenvalue weighted by Crippen LogP contribution is -2.15. The summed E-state index contributed by atoms with van der Waals surface area (Å²) in [5.41, 5.74) is 3.92. The summed E-state index contributed by atoms with van der Waals surface area (Å²) in [4.78, 5) is 0. The lowest BCUT2D eigenvalue weighted by atomic mass is 10.1. The van der Waals surface area contributed by atoms with Crippen LogP contribution in [0, 0.1) is 6.92 Å². The van der Waals surface area contributed by atoms with Crippen molar-refractivity contribution in [3.63, 3.8) is 0 Å². The highest BCUT2D eigenvalue weighted by Crippen LogP contribution is 2.24. The zero-order valence-electron chi connectivity index (χ0n) is 11.2. The monoisotopic (exact) mass is 255 g/mol. The van der Waals surface area contributed by atoms with Crippen LogP contribution in [0.25, 0.3) is 10.9 Å². The van der Waals surface area contributed by atoms with Crippen molar-refractivity contribution >= 4 is 10.9 Å². The standard InChI is InChI=1S/C15H17N3O/c1-11-13-5-3-4-6-14(13)18(2)15(11)10-16-9-12-7-8-17-19-12/h3-8,16H,9-10H2,1-2H3. The number of fused-ring (bicyclic) bond motifs is 1. The van der Waals surface area contributed by atoms with Gasteiger partial charge in [0.05, 0.1) is 12.7 Å². The van der Waals surface area contributed by atoms with Crippen molar-refractivity contribution in [2.45, 2.75) is 20.0 Å². The van der Waals surface area contributed by atoms with E-state index in [1.54, 1.807) is 6.20 Å². The molecule has 0 spiro atoms. The largest absolute Gasteiger partial charge is 0.360 e. The molecule has 2 heterocycles. The Morgan fingerprint density at radius 2 is 2.05 bits per heavy atom. The molecule has 0 saturated heterocycles. The topological polar surface area (TPSA) is 43.0 Å². The average Bonchev–Trinajstić information content (AvgIpc) is 3.02. The summed E-state index contributed by atoms with van der Waals surface area (Å²) in [6.45, 7) is 3.69. The maximum Gasteiger partial charge on any atom is 0.150 e. The van der Waals surface area contributed by atoms with Crippen LogP contribution in [0.15, 0.2) is 41.1 Å². The van der Waals surface area contributed by atoms with Gasteiger partial charge >= 0.3 is 0 Å².